The summed E-state index contributed by atoms with van der Waals surface area (Å²) in [6.45, 7) is 5.97. The maximum Gasteiger partial charge on any atom is 0.338 e. The van der Waals surface area contributed by atoms with E-state index in [-0.39, 0.29) is 12.2 Å². The fourth-order valence-electron chi connectivity index (χ4n) is 3.80. The fraction of sp³-hybridized carbons (Fsp3) is 0.292. The SMILES string of the molecule is CCOC(=O)C1=C(C)N=c2sc(=Cc3cc(Br)c(Br)o3)c(=O)n2C1c1ccc(OC)c(OCC)c1. The van der Waals surface area contributed by atoms with Crippen LogP contribution >= 0.6 is 43.2 Å². The molecule has 0 N–H and O–H groups in total. The van der Waals surface area contributed by atoms with Gasteiger partial charge >= 0.3 is 5.97 Å². The van der Waals surface area contributed by atoms with E-state index in [0.29, 0.717) is 54.7 Å². The number of carbonyl (C=O) groups excluding carboxylic acids is 1. The third-order valence-corrected chi connectivity index (χ3v) is 7.95. The Labute approximate surface area is 221 Å². The van der Waals surface area contributed by atoms with Gasteiger partial charge in [-0.05, 0) is 76.4 Å². The van der Waals surface area contributed by atoms with Crippen LogP contribution in [0, 0.1) is 0 Å². The van der Waals surface area contributed by atoms with Gasteiger partial charge in [0.25, 0.3) is 5.56 Å². The quantitative estimate of drug-likeness (QED) is 0.363. The first kappa shape index (κ1) is 25.5. The number of hydrogen-bond acceptors (Lipinski definition) is 8. The molecule has 0 radical (unpaired) electrons. The molecule has 1 aliphatic heterocycles. The molecule has 0 aliphatic carbocycles. The Hall–Kier alpha value is -2.63. The first-order valence-corrected chi connectivity index (χ1v) is 13.1. The predicted octanol–water partition coefficient (Wildman–Crippen LogP) is 4.32. The molecule has 0 spiro atoms. The van der Waals surface area contributed by atoms with Gasteiger partial charge in [0.2, 0.25) is 0 Å². The van der Waals surface area contributed by atoms with Crippen LogP contribution in [0.1, 0.15) is 38.1 Å². The first-order chi connectivity index (χ1) is 16.8. The molecule has 0 saturated carbocycles. The highest BCUT2D eigenvalue weighted by Gasteiger charge is 2.34. The maximum absolute atomic E-state index is 13.6. The van der Waals surface area contributed by atoms with Crippen molar-refractivity contribution < 1.29 is 23.4 Å². The average molecular weight is 626 g/mol. The summed E-state index contributed by atoms with van der Waals surface area (Å²) >= 11 is 7.91. The van der Waals surface area contributed by atoms with Crippen molar-refractivity contribution in [2.75, 3.05) is 20.3 Å². The van der Waals surface area contributed by atoms with E-state index in [1.54, 1.807) is 45.2 Å². The minimum absolute atomic E-state index is 0.196. The number of hydrogen-bond donors (Lipinski definition) is 0. The van der Waals surface area contributed by atoms with Crippen molar-refractivity contribution in [1.82, 2.24) is 4.57 Å². The van der Waals surface area contributed by atoms with Crippen LogP contribution in [0.3, 0.4) is 0 Å². The lowest BCUT2D eigenvalue weighted by Gasteiger charge is -2.25. The van der Waals surface area contributed by atoms with Crippen molar-refractivity contribution >= 4 is 55.2 Å². The van der Waals surface area contributed by atoms with Crippen LogP contribution in [0.15, 0.2) is 58.9 Å². The lowest BCUT2D eigenvalue weighted by Crippen LogP contribution is -2.39. The zero-order chi connectivity index (χ0) is 25.3. The minimum atomic E-state index is -0.757. The van der Waals surface area contributed by atoms with E-state index in [9.17, 15) is 9.59 Å². The summed E-state index contributed by atoms with van der Waals surface area (Å²) in [7, 11) is 1.56. The molecule has 1 aromatic carbocycles. The van der Waals surface area contributed by atoms with E-state index >= 15 is 0 Å². The van der Waals surface area contributed by atoms with Crippen molar-refractivity contribution in [2.45, 2.75) is 26.8 Å². The van der Waals surface area contributed by atoms with Crippen LogP contribution in [-0.4, -0.2) is 30.9 Å². The van der Waals surface area contributed by atoms with Crippen LogP contribution in [0.2, 0.25) is 0 Å². The van der Waals surface area contributed by atoms with E-state index in [1.807, 2.05) is 13.0 Å². The van der Waals surface area contributed by atoms with E-state index < -0.39 is 12.0 Å². The number of furan rings is 1. The maximum atomic E-state index is 13.6. The summed E-state index contributed by atoms with van der Waals surface area (Å²) < 4.78 is 25.3. The number of nitrogens with zero attached hydrogens (tertiary/aromatic N) is 2. The van der Waals surface area contributed by atoms with Gasteiger partial charge in [0, 0.05) is 6.08 Å². The number of benzene rings is 1. The Morgan fingerprint density at radius 1 is 1.23 bits per heavy atom. The van der Waals surface area contributed by atoms with Crippen LogP contribution in [-0.2, 0) is 9.53 Å². The number of methoxy groups -OCH3 is 1. The normalized spacial score (nSPS) is 15.6. The summed E-state index contributed by atoms with van der Waals surface area (Å²) in [6.07, 6.45) is 1.65. The Balaban J connectivity index is 1.96. The van der Waals surface area contributed by atoms with Gasteiger partial charge in [0.15, 0.2) is 21.0 Å². The van der Waals surface area contributed by atoms with Gasteiger partial charge in [-0.15, -0.1) is 0 Å². The first-order valence-electron chi connectivity index (χ1n) is 10.7. The van der Waals surface area contributed by atoms with Crippen LogP contribution in [0.4, 0.5) is 0 Å². The average Bonchev–Trinajstić information content (AvgIpc) is 3.30. The van der Waals surface area contributed by atoms with Gasteiger partial charge in [-0.25, -0.2) is 9.79 Å². The molecular formula is C24H22Br2N2O6S. The van der Waals surface area contributed by atoms with Gasteiger partial charge in [0.05, 0.1) is 46.6 Å². The lowest BCUT2D eigenvalue weighted by atomic mass is 9.95. The second-order valence-electron chi connectivity index (χ2n) is 7.42. The second-order valence-corrected chi connectivity index (χ2v) is 10.00. The summed E-state index contributed by atoms with van der Waals surface area (Å²) in [5.41, 5.74) is 1.15. The Morgan fingerprint density at radius 3 is 2.63 bits per heavy atom. The summed E-state index contributed by atoms with van der Waals surface area (Å²) in [5.74, 6) is 1.03. The van der Waals surface area contributed by atoms with Crippen molar-refractivity contribution in [3.8, 4) is 11.5 Å². The van der Waals surface area contributed by atoms with Gasteiger partial charge in [0.1, 0.15) is 5.76 Å². The number of allylic oxidation sites excluding steroid dienone is 1. The monoisotopic (exact) mass is 624 g/mol. The van der Waals surface area contributed by atoms with Gasteiger partial charge in [-0.2, -0.15) is 0 Å². The largest absolute Gasteiger partial charge is 0.493 e. The predicted molar refractivity (Wildman–Crippen MR) is 139 cm³/mol. The number of rotatable bonds is 7. The van der Waals surface area contributed by atoms with Crippen LogP contribution in [0.5, 0.6) is 11.5 Å². The number of aromatic nitrogens is 1. The van der Waals surface area contributed by atoms with Gasteiger partial charge < -0.3 is 18.6 Å². The Morgan fingerprint density at radius 2 is 2.00 bits per heavy atom. The molecule has 1 atom stereocenters. The highest BCUT2D eigenvalue weighted by Crippen LogP contribution is 2.36. The number of esters is 1. The molecule has 3 aromatic rings. The zero-order valence-corrected chi connectivity index (χ0v) is 23.4. The molecule has 1 aliphatic rings. The molecule has 11 heteroatoms. The summed E-state index contributed by atoms with van der Waals surface area (Å²) in [4.78, 5) is 31.7. The number of halogens is 2. The lowest BCUT2D eigenvalue weighted by molar-refractivity contribution is -0.139. The highest BCUT2D eigenvalue weighted by molar-refractivity contribution is 9.13. The number of carbonyl (C=O) groups is 1. The number of thiazole rings is 1. The smallest absolute Gasteiger partial charge is 0.338 e. The molecule has 0 amide bonds. The molecule has 35 heavy (non-hydrogen) atoms. The van der Waals surface area contributed by atoms with E-state index in [4.69, 9.17) is 18.6 Å². The van der Waals surface area contributed by atoms with Crippen LogP contribution in [0.25, 0.3) is 6.08 Å². The van der Waals surface area contributed by atoms with Crippen LogP contribution < -0.4 is 24.4 Å². The molecule has 3 heterocycles. The molecule has 0 bridgehead atoms. The van der Waals surface area contributed by atoms with Crippen molar-refractivity contribution in [2.24, 2.45) is 4.99 Å². The molecule has 0 fully saturated rings. The summed E-state index contributed by atoms with van der Waals surface area (Å²) in [5, 5.41) is 0. The summed E-state index contributed by atoms with van der Waals surface area (Å²) in [6, 6.07) is 6.34. The molecule has 0 saturated heterocycles. The minimum Gasteiger partial charge on any atom is -0.493 e. The molecular weight excluding hydrogens is 604 g/mol. The number of ether oxygens (including phenoxy) is 3. The van der Waals surface area contributed by atoms with E-state index in [0.717, 1.165) is 4.47 Å². The van der Waals surface area contributed by atoms with Crippen molar-refractivity contribution in [3.63, 3.8) is 0 Å². The Kier molecular flexibility index (Phi) is 7.67. The molecule has 184 valence electrons. The van der Waals surface area contributed by atoms with E-state index in [2.05, 4.69) is 36.9 Å². The molecule has 2 aromatic heterocycles. The molecule has 8 nitrogen and oxygen atoms in total. The third-order valence-electron chi connectivity index (χ3n) is 5.26. The highest BCUT2D eigenvalue weighted by atomic mass is 79.9. The second kappa shape index (κ2) is 10.5. The van der Waals surface area contributed by atoms with Crippen molar-refractivity contribution in [1.29, 1.82) is 0 Å². The van der Waals surface area contributed by atoms with Crippen molar-refractivity contribution in [3.05, 3.63) is 75.7 Å². The standard InChI is InChI=1S/C24H22Br2N2O6S/c1-5-32-17-9-13(7-8-16(17)31-4)20-19(23(30)33-6-2)12(3)27-24-28(20)22(29)18(35-24)11-14-10-15(25)21(26)34-14/h7-11,20H,5-6H2,1-4H3. The topological polar surface area (TPSA) is 92.3 Å². The molecule has 1 unspecified atom stereocenters. The third kappa shape index (κ3) is 4.89. The Bertz CT molecular complexity index is 1480. The zero-order valence-electron chi connectivity index (χ0n) is 19.4. The number of fused-ring (bicyclic) bond motifs is 1. The van der Waals surface area contributed by atoms with Gasteiger partial charge in [-0.3, -0.25) is 9.36 Å². The van der Waals surface area contributed by atoms with Gasteiger partial charge in [-0.1, -0.05) is 17.4 Å². The van der Waals surface area contributed by atoms with E-state index in [1.165, 1.54) is 15.9 Å². The molecule has 4 rings (SSSR count). The fourth-order valence-corrected chi connectivity index (χ4v) is 5.44.